The number of hydrogen-bond donors (Lipinski definition) is 1. The SMILES string of the molecule is B.COc1ccc(C2(O)CC3CCC2(C)C3(C)C)cc1OC. The molecule has 0 aliphatic heterocycles. The second-order valence-electron chi connectivity index (χ2n) is 7.42. The summed E-state index contributed by atoms with van der Waals surface area (Å²) in [6.45, 7) is 6.86. The molecule has 2 bridgehead atoms. The third kappa shape index (κ3) is 1.86. The molecule has 2 aliphatic carbocycles. The van der Waals surface area contributed by atoms with E-state index in [0.717, 1.165) is 18.4 Å². The van der Waals surface area contributed by atoms with Crippen molar-refractivity contribution in [3.05, 3.63) is 23.8 Å². The molecule has 22 heavy (non-hydrogen) atoms. The van der Waals surface area contributed by atoms with E-state index in [2.05, 4.69) is 20.8 Å². The van der Waals surface area contributed by atoms with E-state index in [4.69, 9.17) is 9.47 Å². The fourth-order valence-corrected chi connectivity index (χ4v) is 4.81. The summed E-state index contributed by atoms with van der Waals surface area (Å²) in [4.78, 5) is 0. The van der Waals surface area contributed by atoms with Crippen molar-refractivity contribution < 1.29 is 14.6 Å². The topological polar surface area (TPSA) is 38.7 Å². The summed E-state index contributed by atoms with van der Waals surface area (Å²) >= 11 is 0. The lowest BCUT2D eigenvalue weighted by Gasteiger charge is -2.45. The van der Waals surface area contributed by atoms with Crippen molar-refractivity contribution in [2.45, 2.75) is 45.6 Å². The molecule has 122 valence electrons. The lowest BCUT2D eigenvalue weighted by molar-refractivity contribution is -0.0958. The smallest absolute Gasteiger partial charge is 0.161 e. The van der Waals surface area contributed by atoms with Crippen molar-refractivity contribution in [2.75, 3.05) is 14.2 Å². The minimum absolute atomic E-state index is 0. The Morgan fingerprint density at radius 1 is 1.09 bits per heavy atom. The van der Waals surface area contributed by atoms with Crippen molar-refractivity contribution in [3.63, 3.8) is 0 Å². The van der Waals surface area contributed by atoms with Crippen LogP contribution < -0.4 is 9.47 Å². The third-order valence-corrected chi connectivity index (χ3v) is 6.75. The summed E-state index contributed by atoms with van der Waals surface area (Å²) in [5.41, 5.74) is 0.246. The quantitative estimate of drug-likeness (QED) is 0.872. The normalized spacial score (nSPS) is 35.1. The maximum Gasteiger partial charge on any atom is 0.161 e. The lowest BCUT2D eigenvalue weighted by Crippen LogP contribution is -2.44. The maximum atomic E-state index is 11.5. The van der Waals surface area contributed by atoms with Gasteiger partial charge in [-0.1, -0.05) is 26.8 Å². The molecule has 0 amide bonds. The Bertz CT molecular complexity index is 571. The van der Waals surface area contributed by atoms with Gasteiger partial charge in [0.05, 0.1) is 28.2 Å². The average Bonchev–Trinajstić information content (AvgIpc) is 2.78. The van der Waals surface area contributed by atoms with E-state index < -0.39 is 5.60 Å². The van der Waals surface area contributed by atoms with E-state index in [0.29, 0.717) is 17.4 Å². The van der Waals surface area contributed by atoms with Crippen LogP contribution in [0.15, 0.2) is 18.2 Å². The van der Waals surface area contributed by atoms with Crippen molar-refractivity contribution in [1.29, 1.82) is 0 Å². The highest BCUT2D eigenvalue weighted by Crippen LogP contribution is 2.72. The Morgan fingerprint density at radius 3 is 2.18 bits per heavy atom. The first kappa shape index (κ1) is 17.2. The van der Waals surface area contributed by atoms with Gasteiger partial charge in [-0.3, -0.25) is 0 Å². The van der Waals surface area contributed by atoms with Crippen LogP contribution in [0.1, 0.15) is 45.6 Å². The van der Waals surface area contributed by atoms with Crippen LogP contribution in [0.25, 0.3) is 0 Å². The Balaban J connectivity index is 0.00000176. The first-order valence-electron chi connectivity index (χ1n) is 7.75. The molecule has 0 radical (unpaired) electrons. The standard InChI is InChI=1S/C18H26O3.BH3/c1-16(2)13-8-9-17(16,3)18(19,11-13)12-6-7-14(20-4)15(10-12)21-5;/h6-7,10,13,19H,8-9,11H2,1-5H3;1H3. The highest BCUT2D eigenvalue weighted by atomic mass is 16.5. The van der Waals surface area contributed by atoms with Gasteiger partial charge in [-0.2, -0.15) is 0 Å². The highest BCUT2D eigenvalue weighted by molar-refractivity contribution is 5.75. The molecule has 2 saturated carbocycles. The second-order valence-corrected chi connectivity index (χ2v) is 7.42. The largest absolute Gasteiger partial charge is 0.493 e. The van der Waals surface area contributed by atoms with E-state index in [1.165, 1.54) is 6.42 Å². The zero-order valence-corrected chi connectivity index (χ0v) is 13.7. The van der Waals surface area contributed by atoms with Crippen molar-refractivity contribution >= 4 is 8.41 Å². The summed E-state index contributed by atoms with van der Waals surface area (Å²) in [6.07, 6.45) is 3.14. The van der Waals surface area contributed by atoms with Crippen LogP contribution in [-0.2, 0) is 5.60 Å². The fraction of sp³-hybridized carbons (Fsp3) is 0.667. The van der Waals surface area contributed by atoms with Crippen LogP contribution in [-0.4, -0.2) is 27.7 Å². The molecule has 3 rings (SSSR count). The van der Waals surface area contributed by atoms with Crippen LogP contribution in [0.3, 0.4) is 0 Å². The van der Waals surface area contributed by atoms with Crippen molar-refractivity contribution in [1.82, 2.24) is 0 Å². The van der Waals surface area contributed by atoms with Gasteiger partial charge >= 0.3 is 0 Å². The molecule has 3 unspecified atom stereocenters. The van der Waals surface area contributed by atoms with Crippen LogP contribution in [0.4, 0.5) is 0 Å². The number of fused-ring (bicyclic) bond motifs is 2. The zero-order valence-electron chi connectivity index (χ0n) is 13.7. The number of benzene rings is 1. The van der Waals surface area contributed by atoms with Gasteiger partial charge in [-0.25, -0.2) is 0 Å². The minimum atomic E-state index is -0.779. The first-order chi connectivity index (χ1) is 9.80. The minimum Gasteiger partial charge on any atom is -0.493 e. The molecule has 1 aromatic carbocycles. The predicted octanol–water partition coefficient (Wildman–Crippen LogP) is 2.55. The lowest BCUT2D eigenvalue weighted by atomic mass is 9.62. The van der Waals surface area contributed by atoms with Gasteiger partial charge in [0.25, 0.3) is 0 Å². The molecule has 0 spiro atoms. The van der Waals surface area contributed by atoms with E-state index in [1.807, 2.05) is 18.2 Å². The van der Waals surface area contributed by atoms with E-state index in [1.54, 1.807) is 14.2 Å². The van der Waals surface area contributed by atoms with Crippen LogP contribution in [0.2, 0.25) is 0 Å². The number of ether oxygens (including phenoxy) is 2. The van der Waals surface area contributed by atoms with Gasteiger partial charge in [-0.05, 0) is 48.3 Å². The van der Waals surface area contributed by atoms with Crippen LogP contribution >= 0.6 is 0 Å². The molecule has 4 heteroatoms. The predicted molar refractivity (Wildman–Crippen MR) is 92.6 cm³/mol. The summed E-state index contributed by atoms with van der Waals surface area (Å²) in [5.74, 6) is 1.98. The van der Waals surface area contributed by atoms with Gasteiger partial charge in [0.15, 0.2) is 11.5 Å². The molecule has 3 atom stereocenters. The summed E-state index contributed by atoms with van der Waals surface area (Å²) in [6, 6.07) is 5.83. The summed E-state index contributed by atoms with van der Waals surface area (Å²) in [5, 5.41) is 11.5. The highest BCUT2D eigenvalue weighted by Gasteiger charge is 2.68. The Labute approximate surface area is 135 Å². The first-order valence-corrected chi connectivity index (χ1v) is 7.75. The van der Waals surface area contributed by atoms with E-state index >= 15 is 0 Å². The molecular weight excluding hydrogens is 275 g/mol. The zero-order chi connectivity index (χ0) is 15.5. The molecule has 0 heterocycles. The number of aliphatic hydroxyl groups is 1. The van der Waals surface area contributed by atoms with Crippen LogP contribution in [0.5, 0.6) is 11.5 Å². The monoisotopic (exact) mass is 304 g/mol. The van der Waals surface area contributed by atoms with Gasteiger partial charge in [0.2, 0.25) is 0 Å². The summed E-state index contributed by atoms with van der Waals surface area (Å²) < 4.78 is 10.7. The molecule has 0 saturated heterocycles. The fourth-order valence-electron chi connectivity index (χ4n) is 4.81. The molecule has 1 N–H and O–H groups in total. The van der Waals surface area contributed by atoms with Gasteiger partial charge in [0.1, 0.15) is 0 Å². The molecule has 0 aromatic heterocycles. The maximum absolute atomic E-state index is 11.5. The van der Waals surface area contributed by atoms with E-state index in [-0.39, 0.29) is 19.2 Å². The Kier molecular flexibility index (Phi) is 4.06. The molecular formula is C18H29BO3. The van der Waals surface area contributed by atoms with Crippen molar-refractivity contribution in [3.8, 4) is 11.5 Å². The molecule has 1 aromatic rings. The Morgan fingerprint density at radius 2 is 1.73 bits per heavy atom. The van der Waals surface area contributed by atoms with Gasteiger partial charge in [-0.15, -0.1) is 0 Å². The third-order valence-electron chi connectivity index (χ3n) is 6.75. The number of methoxy groups -OCH3 is 2. The molecule has 2 aliphatic rings. The summed E-state index contributed by atoms with van der Waals surface area (Å²) in [7, 11) is 3.27. The number of rotatable bonds is 3. The van der Waals surface area contributed by atoms with E-state index in [9.17, 15) is 5.11 Å². The van der Waals surface area contributed by atoms with Crippen LogP contribution in [0, 0.1) is 16.7 Å². The molecule has 2 fully saturated rings. The van der Waals surface area contributed by atoms with Gasteiger partial charge < -0.3 is 14.6 Å². The van der Waals surface area contributed by atoms with Gasteiger partial charge in [0, 0.05) is 5.41 Å². The number of hydrogen-bond acceptors (Lipinski definition) is 3. The molecule has 3 nitrogen and oxygen atoms in total. The second kappa shape index (κ2) is 5.19. The van der Waals surface area contributed by atoms with Crippen molar-refractivity contribution in [2.24, 2.45) is 16.7 Å². The Hall–Kier alpha value is -1.16. The average molecular weight is 304 g/mol.